The number of carboxylic acids is 1. The quantitative estimate of drug-likeness (QED) is 0.203. The lowest BCUT2D eigenvalue weighted by atomic mass is 10.1. The summed E-state index contributed by atoms with van der Waals surface area (Å²) in [6.07, 6.45) is 0. The molecule has 1 heterocycles. The van der Waals surface area contributed by atoms with Crippen molar-refractivity contribution in [3.05, 3.63) is 95.6 Å². The predicted octanol–water partition coefficient (Wildman–Crippen LogP) is 6.07. The molecule has 0 spiro atoms. The van der Waals surface area contributed by atoms with Crippen molar-refractivity contribution in [2.24, 2.45) is 0 Å². The Morgan fingerprint density at radius 2 is 1.68 bits per heavy atom. The van der Waals surface area contributed by atoms with Crippen molar-refractivity contribution in [3.8, 4) is 0 Å². The van der Waals surface area contributed by atoms with Crippen LogP contribution in [0.1, 0.15) is 38.5 Å². The topological polar surface area (TPSA) is 121 Å². The number of rotatable bonds is 10. The average molecular weight is 551 g/mol. The van der Waals surface area contributed by atoms with Crippen molar-refractivity contribution in [1.82, 2.24) is 9.36 Å². The monoisotopic (exact) mass is 550 g/mol. The molecule has 11 heteroatoms. The Labute approximate surface area is 226 Å². The zero-order chi connectivity index (χ0) is 26.2. The number of aromatic nitrogens is 2. The van der Waals surface area contributed by atoms with Crippen molar-refractivity contribution >= 4 is 63.7 Å². The lowest BCUT2D eigenvalue weighted by Gasteiger charge is -2.17. The highest BCUT2D eigenvalue weighted by Gasteiger charge is 2.24. The average Bonchev–Trinajstić information content (AvgIpc) is 3.34. The molecule has 0 radical (unpaired) electrons. The Kier molecular flexibility index (Phi) is 8.94. The van der Waals surface area contributed by atoms with Gasteiger partial charge in [0.1, 0.15) is 5.25 Å². The van der Waals surface area contributed by atoms with E-state index in [9.17, 15) is 19.5 Å². The minimum absolute atomic E-state index is 0.0623. The SMILES string of the molecule is CCSc1nsc(NC(=O)C(Sc2cccc(NC(=O)c3ccccc3C(=O)O)c2)c2ccccc2)n1. The number of benzene rings is 3. The Bertz CT molecular complexity index is 1410. The third-order valence-electron chi connectivity index (χ3n) is 5.00. The van der Waals surface area contributed by atoms with Crippen molar-refractivity contribution in [3.63, 3.8) is 0 Å². The first-order valence-electron chi connectivity index (χ1n) is 11.2. The van der Waals surface area contributed by atoms with Gasteiger partial charge < -0.3 is 10.4 Å². The summed E-state index contributed by atoms with van der Waals surface area (Å²) in [5.41, 5.74) is 1.27. The molecule has 0 saturated carbocycles. The van der Waals surface area contributed by atoms with Gasteiger partial charge in [0.2, 0.25) is 16.2 Å². The van der Waals surface area contributed by atoms with Crippen molar-refractivity contribution in [2.45, 2.75) is 22.2 Å². The number of nitrogens with zero attached hydrogens (tertiary/aromatic N) is 2. The number of hydrogen-bond donors (Lipinski definition) is 3. The van der Waals surface area contributed by atoms with Crippen LogP contribution in [0.3, 0.4) is 0 Å². The fraction of sp³-hybridized carbons (Fsp3) is 0.115. The number of aromatic carboxylic acids is 1. The van der Waals surface area contributed by atoms with Crippen molar-refractivity contribution < 1.29 is 19.5 Å². The van der Waals surface area contributed by atoms with Gasteiger partial charge in [-0.1, -0.05) is 67.2 Å². The standard InChI is InChI=1S/C26H22N4O4S3/c1-2-35-26-29-25(37-30-26)28-23(32)21(16-9-4-3-5-10-16)36-18-12-8-11-17(15-18)27-22(31)19-13-6-7-14-20(19)24(33)34/h3-15,21H,2H2,1H3,(H,27,31)(H,33,34)(H,28,29,30,32). The van der Waals surface area contributed by atoms with Crippen LogP contribution in [0.15, 0.2) is 88.9 Å². The highest BCUT2D eigenvalue weighted by atomic mass is 32.2. The lowest BCUT2D eigenvalue weighted by Crippen LogP contribution is -2.19. The van der Waals surface area contributed by atoms with Crippen LogP contribution >= 0.6 is 35.1 Å². The predicted molar refractivity (Wildman–Crippen MR) is 148 cm³/mol. The van der Waals surface area contributed by atoms with Crippen LogP contribution < -0.4 is 10.6 Å². The number of thioether (sulfide) groups is 2. The third-order valence-corrected chi connectivity index (χ3v) is 7.72. The molecule has 8 nitrogen and oxygen atoms in total. The van der Waals surface area contributed by atoms with E-state index in [1.165, 1.54) is 35.7 Å². The molecule has 2 amide bonds. The normalized spacial score (nSPS) is 11.5. The van der Waals surface area contributed by atoms with E-state index in [0.717, 1.165) is 27.7 Å². The van der Waals surface area contributed by atoms with E-state index in [1.54, 1.807) is 30.3 Å². The minimum atomic E-state index is -1.18. The van der Waals surface area contributed by atoms with Gasteiger partial charge in [0.25, 0.3) is 5.91 Å². The molecular weight excluding hydrogens is 529 g/mol. The zero-order valence-corrected chi connectivity index (χ0v) is 22.0. The van der Waals surface area contributed by atoms with Gasteiger partial charge in [0, 0.05) is 22.1 Å². The molecule has 3 N–H and O–H groups in total. The summed E-state index contributed by atoms with van der Waals surface area (Å²) in [6, 6.07) is 22.5. The summed E-state index contributed by atoms with van der Waals surface area (Å²) in [6.45, 7) is 2.01. The summed E-state index contributed by atoms with van der Waals surface area (Å²) in [7, 11) is 0. The molecule has 1 atom stereocenters. The molecule has 1 aromatic heterocycles. The molecule has 188 valence electrons. The van der Waals surface area contributed by atoms with Gasteiger partial charge in [-0.25, -0.2) is 4.79 Å². The smallest absolute Gasteiger partial charge is 0.336 e. The van der Waals surface area contributed by atoms with E-state index in [-0.39, 0.29) is 17.0 Å². The maximum absolute atomic E-state index is 13.3. The van der Waals surface area contributed by atoms with E-state index < -0.39 is 17.1 Å². The Balaban J connectivity index is 1.53. The summed E-state index contributed by atoms with van der Waals surface area (Å²) in [5, 5.41) is 15.5. The molecule has 0 bridgehead atoms. The van der Waals surface area contributed by atoms with E-state index >= 15 is 0 Å². The Hall–Kier alpha value is -3.67. The fourth-order valence-electron chi connectivity index (χ4n) is 3.37. The van der Waals surface area contributed by atoms with Crippen molar-refractivity contribution in [2.75, 3.05) is 16.4 Å². The Morgan fingerprint density at radius 1 is 0.946 bits per heavy atom. The van der Waals surface area contributed by atoms with Crippen LogP contribution in [0.5, 0.6) is 0 Å². The molecule has 1 unspecified atom stereocenters. The van der Waals surface area contributed by atoms with Crippen LogP contribution in [0.2, 0.25) is 0 Å². The highest BCUT2D eigenvalue weighted by Crippen LogP contribution is 2.37. The first kappa shape index (κ1) is 26.4. The van der Waals surface area contributed by atoms with Gasteiger partial charge >= 0.3 is 5.97 Å². The van der Waals surface area contributed by atoms with E-state index in [0.29, 0.717) is 16.0 Å². The summed E-state index contributed by atoms with van der Waals surface area (Å²) < 4.78 is 4.25. The molecule has 0 aliphatic carbocycles. The van der Waals surface area contributed by atoms with Gasteiger partial charge in [-0.15, -0.1) is 11.8 Å². The number of nitrogens with one attached hydrogen (secondary N) is 2. The van der Waals surface area contributed by atoms with Crippen LogP contribution in [0.4, 0.5) is 10.8 Å². The van der Waals surface area contributed by atoms with Gasteiger partial charge in [0.15, 0.2) is 0 Å². The number of carbonyl (C=O) groups excluding carboxylic acids is 2. The van der Waals surface area contributed by atoms with Crippen LogP contribution in [0, 0.1) is 0 Å². The van der Waals surface area contributed by atoms with Crippen LogP contribution in [-0.2, 0) is 4.79 Å². The largest absolute Gasteiger partial charge is 0.478 e. The summed E-state index contributed by atoms with van der Waals surface area (Å²) in [5.74, 6) is -1.12. The van der Waals surface area contributed by atoms with Gasteiger partial charge in [-0.3, -0.25) is 14.9 Å². The lowest BCUT2D eigenvalue weighted by molar-refractivity contribution is -0.115. The number of amides is 2. The first-order chi connectivity index (χ1) is 17.9. The second-order valence-electron chi connectivity index (χ2n) is 7.55. The molecule has 37 heavy (non-hydrogen) atoms. The molecule has 0 aliphatic heterocycles. The van der Waals surface area contributed by atoms with Gasteiger partial charge in [0.05, 0.1) is 11.1 Å². The molecule has 4 aromatic rings. The molecule has 0 fully saturated rings. The van der Waals surface area contributed by atoms with E-state index in [2.05, 4.69) is 20.0 Å². The number of carboxylic acid groups (broad SMARTS) is 1. The van der Waals surface area contributed by atoms with Crippen LogP contribution in [0.25, 0.3) is 0 Å². The molecule has 4 rings (SSSR count). The van der Waals surface area contributed by atoms with Gasteiger partial charge in [-0.2, -0.15) is 9.36 Å². The second-order valence-corrected chi connectivity index (χ2v) is 10.7. The second kappa shape index (κ2) is 12.5. The van der Waals surface area contributed by atoms with Crippen molar-refractivity contribution in [1.29, 1.82) is 0 Å². The maximum atomic E-state index is 13.3. The first-order valence-corrected chi connectivity index (χ1v) is 13.8. The molecule has 0 saturated heterocycles. The fourth-order valence-corrected chi connectivity index (χ4v) is 5.73. The number of anilines is 2. The molecule has 3 aromatic carbocycles. The number of hydrogen-bond acceptors (Lipinski definition) is 8. The maximum Gasteiger partial charge on any atom is 0.336 e. The van der Waals surface area contributed by atoms with E-state index in [4.69, 9.17) is 0 Å². The van der Waals surface area contributed by atoms with Gasteiger partial charge in [-0.05, 0) is 41.6 Å². The molecule has 0 aliphatic rings. The number of carbonyl (C=O) groups is 3. The van der Waals surface area contributed by atoms with E-state index in [1.807, 2.05) is 43.3 Å². The molecular formula is C26H22N4O4S3. The van der Waals surface area contributed by atoms with Crippen LogP contribution in [-0.4, -0.2) is 38.0 Å². The highest BCUT2D eigenvalue weighted by molar-refractivity contribution is 8.00. The summed E-state index contributed by atoms with van der Waals surface area (Å²) in [4.78, 5) is 42.7. The minimum Gasteiger partial charge on any atom is -0.478 e. The summed E-state index contributed by atoms with van der Waals surface area (Å²) >= 11 is 3.96. The third kappa shape index (κ3) is 6.97. The zero-order valence-electron chi connectivity index (χ0n) is 19.6. The Morgan fingerprint density at radius 3 is 2.41 bits per heavy atom.